The number of rotatable bonds is 6. The zero-order chi connectivity index (χ0) is 31.0. The molecule has 0 unspecified atom stereocenters. The van der Waals surface area contributed by atoms with Crippen molar-refractivity contribution < 1.29 is 165 Å². The molecule has 6 N–H and O–H groups in total. The summed E-state index contributed by atoms with van der Waals surface area (Å²) in [4.78, 5) is 49.8. The van der Waals surface area contributed by atoms with Crippen molar-refractivity contribution >= 4 is 45.3 Å². The van der Waals surface area contributed by atoms with E-state index in [4.69, 9.17) is 21.7 Å². The van der Waals surface area contributed by atoms with E-state index < -0.39 is 11.9 Å². The average molecular weight is 999 g/mol. The number of ketones is 2. The molecule has 1 amide bonds. The minimum Gasteiger partial charge on any atom is -0.503 e. The van der Waals surface area contributed by atoms with E-state index in [2.05, 4.69) is 15.9 Å². The van der Waals surface area contributed by atoms with Crippen molar-refractivity contribution in [3.63, 3.8) is 0 Å². The number of hydrogen-bond donors (Lipinski definition) is 4. The molecule has 0 fully saturated rings. The largest absolute Gasteiger partial charge is 0.503 e. The zero-order valence-corrected chi connectivity index (χ0v) is 44.0. The van der Waals surface area contributed by atoms with Gasteiger partial charge in [-0.05, 0) is 33.5 Å². The van der Waals surface area contributed by atoms with Crippen molar-refractivity contribution in [3.05, 3.63) is 53.4 Å². The van der Waals surface area contributed by atoms with Crippen LogP contribution in [0.15, 0.2) is 0 Å². The summed E-state index contributed by atoms with van der Waals surface area (Å²) in [5.74, 6) is 1.44. The van der Waals surface area contributed by atoms with E-state index >= 15 is 0 Å². The first-order chi connectivity index (χ1) is 15.8. The molecule has 9 nitrogen and oxygen atoms in total. The fraction of sp³-hybridized carbons (Fsp3) is 0.567. The van der Waals surface area contributed by atoms with Crippen LogP contribution >= 0.6 is 15.9 Å². The molecule has 0 saturated heterocycles. The number of carbonyl (C=O) groups excluding carboxylic acids is 3. The minimum absolute atomic E-state index is 0. The predicted octanol–water partition coefficient (Wildman–Crippen LogP) is 6.79. The van der Waals surface area contributed by atoms with E-state index in [9.17, 15) is 24.0 Å². The van der Waals surface area contributed by atoms with Crippen molar-refractivity contribution in [3.8, 4) is 0 Å². The Morgan fingerprint density at radius 2 is 0.841 bits per heavy atom. The van der Waals surface area contributed by atoms with Gasteiger partial charge >= 0.3 is 5.97 Å². The van der Waals surface area contributed by atoms with Crippen LogP contribution < -0.4 is 11.5 Å². The Morgan fingerprint density at radius 1 is 0.705 bits per heavy atom. The van der Waals surface area contributed by atoms with Crippen LogP contribution in [0.25, 0.3) is 0 Å². The summed E-state index contributed by atoms with van der Waals surface area (Å²) in [6, 6.07) is 0. The molecule has 0 rings (SSSR count). The topological polar surface area (TPSA) is 178 Å². The Hall–Kier alpha value is 2.22. The van der Waals surface area contributed by atoms with Gasteiger partial charge in [0.15, 0.2) is 5.97 Å². The van der Waals surface area contributed by atoms with Crippen molar-refractivity contribution in [1.82, 2.24) is 0 Å². The number of hydrogen-bond acceptors (Lipinski definition) is 6. The Kier molecular flexibility index (Phi) is 119. The standard InChI is InChI=1S/C5H9BrO.C5H9O.C4H8NO.C4H10N.C4H8O2.C4H7O2.4CH3.4Y/c1-4(7)5(2,3)6;1-4(2)5(3)6;1-3(2)4(5)6;1-4(2)3-5;2*1-3(2)4(5)6;;;;;;;;/h1-3H3;1-3H3;1-2H3,(H2,5,6);3,5H2,1-2H3;3H,1-2H3,(H,5,6);1-2H3,(H,5,6);4*1H3;;;;/q;3*-1;;5*-1;;;;. The van der Waals surface area contributed by atoms with Crippen LogP contribution in [0.4, 0.5) is 0 Å². The predicted molar refractivity (Wildman–Crippen MR) is 177 cm³/mol. The van der Waals surface area contributed by atoms with Crippen LogP contribution in [0.3, 0.4) is 0 Å². The number of amides is 1. The summed E-state index contributed by atoms with van der Waals surface area (Å²) in [5.41, 5.74) is 9.89. The van der Waals surface area contributed by atoms with Gasteiger partial charge in [0.1, 0.15) is 5.78 Å². The second-order valence-electron chi connectivity index (χ2n) is 9.16. The van der Waals surface area contributed by atoms with E-state index in [0.29, 0.717) is 11.8 Å². The molecule has 0 atom stereocenters. The Morgan fingerprint density at radius 3 is 0.841 bits per heavy atom. The average Bonchev–Trinajstić information content (AvgIpc) is 2.69. The normalized spacial score (nSPS) is 7.32. The molecule has 0 aliphatic carbocycles. The molecule has 0 aromatic heterocycles. The quantitative estimate of drug-likeness (QED) is 0.166. The van der Waals surface area contributed by atoms with Crippen molar-refractivity contribution in [2.45, 2.75) is 101 Å². The van der Waals surface area contributed by atoms with Gasteiger partial charge in [0, 0.05) is 131 Å². The van der Waals surface area contributed by atoms with Gasteiger partial charge in [-0.25, -0.2) is 0 Å². The summed E-state index contributed by atoms with van der Waals surface area (Å²) in [6.45, 7) is 24.9. The minimum atomic E-state index is -0.824. The third-order valence-corrected chi connectivity index (χ3v) is 3.92. The first-order valence-corrected chi connectivity index (χ1v) is 11.9. The molecule has 0 spiro atoms. The van der Waals surface area contributed by atoms with Gasteiger partial charge in [0.2, 0.25) is 0 Å². The summed E-state index contributed by atoms with van der Waals surface area (Å²) in [6.07, 6.45) is 0. The first-order valence-electron chi connectivity index (χ1n) is 11.2. The Labute approximate surface area is 383 Å². The molecule has 14 heteroatoms. The summed E-state index contributed by atoms with van der Waals surface area (Å²) in [7, 11) is 0. The van der Waals surface area contributed by atoms with Gasteiger partial charge in [-0.2, -0.15) is 55.4 Å². The summed E-state index contributed by atoms with van der Waals surface area (Å²) >= 11 is 3.19. The van der Waals surface area contributed by atoms with E-state index in [1.807, 2.05) is 41.5 Å². The smallest absolute Gasteiger partial charge is 0.305 e. The molecule has 262 valence electrons. The molecule has 0 heterocycles. The number of carbonyl (C=O) groups is 5. The maximum atomic E-state index is 10.4. The second kappa shape index (κ2) is 57.5. The number of alkyl halides is 1. The van der Waals surface area contributed by atoms with E-state index in [0.717, 1.165) is 12.5 Å². The fourth-order valence-electron chi connectivity index (χ4n) is 0. The van der Waals surface area contributed by atoms with Crippen molar-refractivity contribution in [1.29, 1.82) is 0 Å². The molecule has 0 aliphatic rings. The molecule has 0 aliphatic heterocycles. The molecule has 44 heavy (non-hydrogen) atoms. The van der Waals surface area contributed by atoms with Crippen molar-refractivity contribution in [2.75, 3.05) is 6.54 Å². The molecule has 0 aromatic rings. The second-order valence-corrected chi connectivity index (χ2v) is 11.1. The summed E-state index contributed by atoms with van der Waals surface area (Å²) < 4.78 is -0.326. The molecule has 0 saturated carbocycles. The molecule has 4 radical (unpaired) electrons. The SMILES string of the molecule is CC(=O)C(C)(C)Br.CC(=O)[C-](C)C.CC(C)C(=O)O.C[C-](C)C(=O)O.C[C-](C)C(N)=O.C[C-](C)CN.[CH3-].[CH3-].[CH3-].[CH3-].[Y].[Y].[Y].[Y]. The monoisotopic (exact) mass is 998 g/mol. The number of Topliss-reactive ketones (excluding diaryl/α,β-unsaturated/α-hetero) is 2. The molecular weight excluding hydrogens is 936 g/mol. The van der Waals surface area contributed by atoms with E-state index in [1.165, 1.54) is 5.92 Å². The first kappa shape index (κ1) is 91.0. The zero-order valence-electron chi connectivity index (χ0n) is 31.1. The number of halogens is 1. The maximum absolute atomic E-state index is 10.4. The van der Waals surface area contributed by atoms with Crippen LogP contribution in [-0.2, 0) is 155 Å². The van der Waals surface area contributed by atoms with Crippen molar-refractivity contribution in [2.24, 2.45) is 17.4 Å². The fourth-order valence-corrected chi connectivity index (χ4v) is 0. The molecule has 0 bridgehead atoms. The van der Waals surface area contributed by atoms with Crippen LogP contribution in [0, 0.1) is 59.3 Å². The number of carboxylic acids is 2. The van der Waals surface area contributed by atoms with Gasteiger partial charge in [0.25, 0.3) is 0 Å². The third-order valence-electron chi connectivity index (χ3n) is 3.36. The van der Waals surface area contributed by atoms with Gasteiger partial charge in [-0.15, -0.1) is 6.54 Å². The number of carboxylic acid groups (broad SMARTS) is 2. The Balaban J connectivity index is -0.0000000198. The van der Waals surface area contributed by atoms with Crippen LogP contribution in [0.5, 0.6) is 0 Å². The van der Waals surface area contributed by atoms with Crippen LogP contribution in [-0.4, -0.2) is 50.5 Å². The number of aliphatic carboxylic acids is 2. The third kappa shape index (κ3) is 120. The Bertz CT molecular complexity index is 545. The maximum Gasteiger partial charge on any atom is 0.305 e. The van der Waals surface area contributed by atoms with Gasteiger partial charge < -0.3 is 72.8 Å². The number of nitrogens with two attached hydrogens (primary N) is 2. The van der Waals surface area contributed by atoms with E-state index in [1.54, 1.807) is 55.4 Å². The van der Waals surface area contributed by atoms with Gasteiger partial charge in [0.05, 0.1) is 16.1 Å². The van der Waals surface area contributed by atoms with Crippen LogP contribution in [0.1, 0.15) is 96.9 Å². The summed E-state index contributed by atoms with van der Waals surface area (Å²) in [5, 5.41) is 15.9. The van der Waals surface area contributed by atoms with Gasteiger partial charge in [-0.3, -0.25) is 26.2 Å². The van der Waals surface area contributed by atoms with Gasteiger partial charge in [-0.1, -0.05) is 29.8 Å². The number of primary amides is 1. The van der Waals surface area contributed by atoms with E-state index in [-0.39, 0.29) is 188 Å². The molecule has 0 aromatic carbocycles. The molecular formula is C30H63BrN2O7Y4-8. The van der Waals surface area contributed by atoms with Crippen LogP contribution in [0.2, 0.25) is 0 Å².